The van der Waals surface area contributed by atoms with E-state index in [2.05, 4.69) is 25.9 Å². The van der Waals surface area contributed by atoms with Gasteiger partial charge in [0, 0.05) is 18.3 Å². The van der Waals surface area contributed by atoms with E-state index in [1.165, 1.54) is 0 Å². The van der Waals surface area contributed by atoms with Gasteiger partial charge in [-0.2, -0.15) is 9.49 Å². The highest BCUT2D eigenvalue weighted by Crippen LogP contribution is 2.51. The number of halogens is 1. The lowest BCUT2D eigenvalue weighted by molar-refractivity contribution is -0.119. The van der Waals surface area contributed by atoms with Crippen molar-refractivity contribution in [2.45, 2.75) is 59.0 Å². The predicted octanol–water partition coefficient (Wildman–Crippen LogP) is 3.88. The summed E-state index contributed by atoms with van der Waals surface area (Å²) in [5.74, 6) is -0.0289. The first-order chi connectivity index (χ1) is 16.9. The van der Waals surface area contributed by atoms with Gasteiger partial charge in [0.1, 0.15) is 23.3 Å². The van der Waals surface area contributed by atoms with Crippen LogP contribution in [0.15, 0.2) is 28.9 Å². The molecule has 35 heavy (non-hydrogen) atoms. The van der Waals surface area contributed by atoms with Crippen molar-refractivity contribution in [3.05, 3.63) is 47.5 Å². The number of carbonyl (C=O) groups excluding carboxylic acids is 2. The van der Waals surface area contributed by atoms with Gasteiger partial charge in [0.15, 0.2) is 0 Å². The van der Waals surface area contributed by atoms with Crippen molar-refractivity contribution in [3.63, 3.8) is 0 Å². The summed E-state index contributed by atoms with van der Waals surface area (Å²) in [6, 6.07) is 4.00. The minimum Gasteiger partial charge on any atom is -0.361 e. The number of aromatic nitrogens is 4. The van der Waals surface area contributed by atoms with Gasteiger partial charge in [-0.05, 0) is 82.4 Å². The van der Waals surface area contributed by atoms with E-state index in [-0.39, 0.29) is 29.1 Å². The summed E-state index contributed by atoms with van der Waals surface area (Å²) in [5.41, 5.74) is 1.77. The van der Waals surface area contributed by atoms with Gasteiger partial charge in [0.05, 0.1) is 11.3 Å². The molecule has 10 heteroatoms. The summed E-state index contributed by atoms with van der Waals surface area (Å²) in [6.07, 6.45) is 5.76. The van der Waals surface area contributed by atoms with Crippen molar-refractivity contribution in [2.75, 3.05) is 5.32 Å². The van der Waals surface area contributed by atoms with Crippen LogP contribution in [0.2, 0.25) is 0 Å². The Hall–Kier alpha value is -3.56. The van der Waals surface area contributed by atoms with Gasteiger partial charge in [-0.1, -0.05) is 5.16 Å². The average Bonchev–Trinajstić information content (AvgIpc) is 3.76. The molecule has 3 aromatic heterocycles. The number of amides is 2. The molecule has 5 rings (SSSR count). The van der Waals surface area contributed by atoms with Crippen LogP contribution in [-0.4, -0.2) is 37.8 Å². The second-order valence-corrected chi connectivity index (χ2v) is 9.46. The van der Waals surface area contributed by atoms with Gasteiger partial charge in [-0.15, -0.1) is 0 Å². The zero-order valence-electron chi connectivity index (χ0n) is 20.0. The molecule has 0 bridgehead atoms. The molecule has 3 aromatic rings. The van der Waals surface area contributed by atoms with E-state index in [4.69, 9.17) is 4.52 Å². The number of pyridine rings is 1. The Morgan fingerprint density at radius 1 is 1.17 bits per heavy atom. The van der Waals surface area contributed by atoms with Crippen molar-refractivity contribution in [3.8, 4) is 11.1 Å². The molecule has 2 amide bonds. The highest BCUT2D eigenvalue weighted by molar-refractivity contribution is 6.00. The molecule has 2 N–H and O–H groups in total. The Morgan fingerprint density at radius 3 is 2.46 bits per heavy atom. The van der Waals surface area contributed by atoms with Crippen LogP contribution in [0.25, 0.3) is 11.1 Å². The van der Waals surface area contributed by atoms with Gasteiger partial charge < -0.3 is 15.2 Å². The lowest BCUT2D eigenvalue weighted by Crippen LogP contribution is -2.50. The molecule has 2 fully saturated rings. The van der Waals surface area contributed by atoms with Gasteiger partial charge in [-0.3, -0.25) is 14.3 Å². The zero-order chi connectivity index (χ0) is 24.7. The van der Waals surface area contributed by atoms with Crippen molar-refractivity contribution >= 4 is 17.6 Å². The van der Waals surface area contributed by atoms with Crippen LogP contribution < -0.4 is 10.6 Å². The van der Waals surface area contributed by atoms with Crippen molar-refractivity contribution in [1.29, 1.82) is 0 Å². The van der Waals surface area contributed by atoms with Crippen molar-refractivity contribution < 1.29 is 18.5 Å². The SMILES string of the molecule is CCn1nccc1C(=O)N[C@H](C(=O)Nc1ccc(-c2c(C)noc2C)c(F)n1)C(C1CC1)C1CC1. The molecule has 3 heterocycles. The molecule has 0 radical (unpaired) electrons. The number of nitrogens with one attached hydrogen (secondary N) is 2. The lowest BCUT2D eigenvalue weighted by Gasteiger charge is -2.27. The molecular formula is C25H29FN6O3. The van der Waals surface area contributed by atoms with Crippen LogP contribution in [-0.2, 0) is 11.3 Å². The normalized spacial score (nSPS) is 16.4. The maximum atomic E-state index is 14.9. The van der Waals surface area contributed by atoms with Gasteiger partial charge in [0.2, 0.25) is 11.9 Å². The van der Waals surface area contributed by atoms with Crippen LogP contribution in [0.3, 0.4) is 0 Å². The Labute approximate surface area is 202 Å². The van der Waals surface area contributed by atoms with Crippen molar-refractivity contribution in [1.82, 2.24) is 25.2 Å². The maximum Gasteiger partial charge on any atom is 0.270 e. The molecule has 2 saturated carbocycles. The third-order valence-corrected chi connectivity index (χ3v) is 6.94. The number of rotatable bonds is 9. The molecule has 0 saturated heterocycles. The monoisotopic (exact) mass is 480 g/mol. The number of anilines is 1. The van der Waals surface area contributed by atoms with Crippen LogP contribution in [0.1, 0.15) is 54.5 Å². The Bertz CT molecular complexity index is 1230. The molecule has 0 aromatic carbocycles. The second kappa shape index (κ2) is 9.24. The zero-order valence-corrected chi connectivity index (χ0v) is 20.0. The van der Waals surface area contributed by atoms with E-state index in [1.54, 1.807) is 42.9 Å². The van der Waals surface area contributed by atoms with Gasteiger partial charge in [0.25, 0.3) is 5.91 Å². The summed E-state index contributed by atoms with van der Waals surface area (Å²) in [7, 11) is 0. The van der Waals surface area contributed by atoms with E-state index in [1.807, 2.05) is 6.92 Å². The van der Waals surface area contributed by atoms with Crippen LogP contribution in [0.5, 0.6) is 0 Å². The number of hydrogen-bond acceptors (Lipinski definition) is 6. The lowest BCUT2D eigenvalue weighted by atomic mass is 9.88. The predicted molar refractivity (Wildman–Crippen MR) is 126 cm³/mol. The number of hydrogen-bond donors (Lipinski definition) is 2. The first-order valence-corrected chi connectivity index (χ1v) is 12.1. The quantitative estimate of drug-likeness (QED) is 0.449. The Kier molecular flexibility index (Phi) is 6.12. The number of nitrogens with zero attached hydrogens (tertiary/aromatic N) is 4. The largest absolute Gasteiger partial charge is 0.361 e. The molecule has 0 unspecified atom stereocenters. The Morgan fingerprint density at radius 2 is 1.89 bits per heavy atom. The van der Waals surface area contributed by atoms with Gasteiger partial charge >= 0.3 is 0 Å². The number of aryl methyl sites for hydroxylation is 3. The van der Waals surface area contributed by atoms with E-state index in [0.717, 1.165) is 25.7 Å². The first kappa shape index (κ1) is 23.2. The molecule has 2 aliphatic carbocycles. The highest BCUT2D eigenvalue weighted by atomic mass is 19.1. The highest BCUT2D eigenvalue weighted by Gasteiger charge is 2.48. The summed E-state index contributed by atoms with van der Waals surface area (Å²) in [5, 5.41) is 13.7. The molecule has 9 nitrogen and oxygen atoms in total. The summed E-state index contributed by atoms with van der Waals surface area (Å²) >= 11 is 0. The summed E-state index contributed by atoms with van der Waals surface area (Å²) in [4.78, 5) is 30.5. The molecular weight excluding hydrogens is 451 g/mol. The molecule has 2 aliphatic rings. The van der Waals surface area contributed by atoms with E-state index in [9.17, 15) is 14.0 Å². The minimum atomic E-state index is -0.741. The van der Waals surface area contributed by atoms with Gasteiger partial charge in [-0.25, -0.2) is 4.98 Å². The van der Waals surface area contributed by atoms with E-state index in [0.29, 0.717) is 41.1 Å². The Balaban J connectivity index is 1.38. The fourth-order valence-electron chi connectivity index (χ4n) is 4.98. The van der Waals surface area contributed by atoms with Crippen LogP contribution in [0.4, 0.5) is 10.2 Å². The molecule has 184 valence electrons. The smallest absolute Gasteiger partial charge is 0.270 e. The average molecular weight is 481 g/mol. The number of carbonyl (C=O) groups is 2. The summed E-state index contributed by atoms with van der Waals surface area (Å²) < 4.78 is 21.7. The molecule has 0 aliphatic heterocycles. The summed E-state index contributed by atoms with van der Waals surface area (Å²) in [6.45, 7) is 5.88. The maximum absolute atomic E-state index is 14.9. The fraction of sp³-hybridized carbons (Fsp3) is 0.480. The molecule has 1 atom stereocenters. The topological polar surface area (TPSA) is 115 Å². The molecule has 0 spiro atoms. The van der Waals surface area contributed by atoms with Crippen LogP contribution in [0, 0.1) is 37.5 Å². The third-order valence-electron chi connectivity index (χ3n) is 6.94. The third kappa shape index (κ3) is 4.69. The van der Waals surface area contributed by atoms with Crippen molar-refractivity contribution in [2.24, 2.45) is 17.8 Å². The van der Waals surface area contributed by atoms with E-state index < -0.39 is 12.0 Å². The second-order valence-electron chi connectivity index (χ2n) is 9.46. The first-order valence-electron chi connectivity index (χ1n) is 12.1. The van der Waals surface area contributed by atoms with Crippen LogP contribution >= 0.6 is 0 Å². The fourth-order valence-corrected chi connectivity index (χ4v) is 4.98. The standard InChI is InChI=1S/C25H29FN6O3/c1-4-32-18(11-12-27-32)24(33)30-22(21(15-5-6-15)16-7-8-16)25(34)29-19-10-9-17(23(26)28-19)20-13(2)31-35-14(20)3/h9-12,15-16,21-22H,4-8H2,1-3H3,(H,30,33)(H,28,29,34)/t22-/m0/s1. The minimum absolute atomic E-state index is 0.0448. The van der Waals surface area contributed by atoms with E-state index >= 15 is 0 Å².